The van der Waals surface area contributed by atoms with Crippen molar-refractivity contribution in [2.75, 3.05) is 6.61 Å². The fraction of sp³-hybridized carbons (Fsp3) is 0.471. The number of aliphatic hydroxyl groups is 1. The van der Waals surface area contributed by atoms with Gasteiger partial charge in [0, 0.05) is 24.9 Å². The molecule has 1 saturated carbocycles. The van der Waals surface area contributed by atoms with E-state index in [4.69, 9.17) is 5.11 Å². The molecule has 3 nitrogen and oxygen atoms in total. The van der Waals surface area contributed by atoms with Crippen molar-refractivity contribution >= 4 is 0 Å². The van der Waals surface area contributed by atoms with Gasteiger partial charge in [0.05, 0.1) is 6.20 Å². The summed E-state index contributed by atoms with van der Waals surface area (Å²) in [5, 5.41) is 13.4. The number of aromatic nitrogens is 2. The number of hydrogen-bond acceptors (Lipinski definition) is 2. The first-order valence-corrected chi connectivity index (χ1v) is 7.58. The fourth-order valence-corrected chi connectivity index (χ4v) is 3.06. The number of nitrogens with zero attached hydrogens (tertiary/aromatic N) is 2. The van der Waals surface area contributed by atoms with Crippen molar-refractivity contribution in [3.05, 3.63) is 42.2 Å². The van der Waals surface area contributed by atoms with Gasteiger partial charge in [-0.15, -0.1) is 0 Å². The standard InChI is InChI=1S/C17H22N2O/c20-10-9-14-5-7-16(8-6-14)17-11-18-19(13-17)12-15-3-1-2-4-15/h5-8,11,13,15,20H,1-4,9-10,12H2. The Labute approximate surface area is 120 Å². The number of rotatable bonds is 5. The lowest BCUT2D eigenvalue weighted by Crippen LogP contribution is -2.07. The summed E-state index contributed by atoms with van der Waals surface area (Å²) in [5.41, 5.74) is 3.55. The Kier molecular flexibility index (Phi) is 4.16. The summed E-state index contributed by atoms with van der Waals surface area (Å²) in [6, 6.07) is 8.39. The van der Waals surface area contributed by atoms with Crippen molar-refractivity contribution in [1.82, 2.24) is 9.78 Å². The second-order valence-corrected chi connectivity index (χ2v) is 5.77. The summed E-state index contributed by atoms with van der Waals surface area (Å²) < 4.78 is 2.09. The number of benzene rings is 1. The highest BCUT2D eigenvalue weighted by molar-refractivity contribution is 5.61. The highest BCUT2D eigenvalue weighted by Gasteiger charge is 2.15. The molecule has 1 aliphatic rings. The summed E-state index contributed by atoms with van der Waals surface area (Å²) in [5.74, 6) is 0.815. The largest absolute Gasteiger partial charge is 0.396 e. The van der Waals surface area contributed by atoms with Crippen molar-refractivity contribution in [3.63, 3.8) is 0 Å². The molecular formula is C17H22N2O. The Hall–Kier alpha value is -1.61. The molecular weight excluding hydrogens is 248 g/mol. The topological polar surface area (TPSA) is 38.1 Å². The van der Waals surface area contributed by atoms with Crippen LogP contribution < -0.4 is 0 Å². The third kappa shape index (κ3) is 3.10. The average molecular weight is 270 g/mol. The van der Waals surface area contributed by atoms with Gasteiger partial charge in [-0.25, -0.2) is 0 Å². The summed E-state index contributed by atoms with van der Waals surface area (Å²) in [4.78, 5) is 0. The van der Waals surface area contributed by atoms with Gasteiger partial charge in [0.2, 0.25) is 0 Å². The lowest BCUT2D eigenvalue weighted by molar-refractivity contribution is 0.299. The Morgan fingerprint density at radius 1 is 1.10 bits per heavy atom. The molecule has 3 heteroatoms. The van der Waals surface area contributed by atoms with Crippen LogP contribution in [0.5, 0.6) is 0 Å². The van der Waals surface area contributed by atoms with E-state index in [2.05, 4.69) is 40.2 Å². The first-order chi connectivity index (χ1) is 9.85. The molecule has 20 heavy (non-hydrogen) atoms. The molecule has 0 atom stereocenters. The summed E-state index contributed by atoms with van der Waals surface area (Å²) in [6.07, 6.45) is 10.3. The summed E-state index contributed by atoms with van der Waals surface area (Å²) in [7, 11) is 0. The molecule has 1 fully saturated rings. The van der Waals surface area contributed by atoms with Crippen LogP contribution in [0.1, 0.15) is 31.2 Å². The van der Waals surface area contributed by atoms with E-state index >= 15 is 0 Å². The minimum Gasteiger partial charge on any atom is -0.396 e. The van der Waals surface area contributed by atoms with Crippen molar-refractivity contribution in [2.45, 2.75) is 38.6 Å². The van der Waals surface area contributed by atoms with Crippen LogP contribution in [0.15, 0.2) is 36.7 Å². The van der Waals surface area contributed by atoms with E-state index in [0.717, 1.165) is 18.9 Å². The molecule has 0 saturated heterocycles. The van der Waals surface area contributed by atoms with Gasteiger partial charge in [-0.3, -0.25) is 4.68 Å². The van der Waals surface area contributed by atoms with Crippen LogP contribution in [-0.4, -0.2) is 21.5 Å². The van der Waals surface area contributed by atoms with Crippen LogP contribution in [-0.2, 0) is 13.0 Å². The predicted octanol–water partition coefficient (Wildman–Crippen LogP) is 3.28. The van der Waals surface area contributed by atoms with E-state index in [1.807, 2.05) is 6.20 Å². The average Bonchev–Trinajstić information content (AvgIpc) is 3.12. The highest BCUT2D eigenvalue weighted by Crippen LogP contribution is 2.27. The lowest BCUT2D eigenvalue weighted by Gasteiger charge is -2.08. The van der Waals surface area contributed by atoms with Crippen molar-refractivity contribution in [2.24, 2.45) is 5.92 Å². The van der Waals surface area contributed by atoms with E-state index in [9.17, 15) is 0 Å². The van der Waals surface area contributed by atoms with Gasteiger partial charge >= 0.3 is 0 Å². The third-order valence-electron chi connectivity index (χ3n) is 4.24. The maximum absolute atomic E-state index is 8.93. The molecule has 0 unspecified atom stereocenters. The lowest BCUT2D eigenvalue weighted by atomic mass is 10.1. The SMILES string of the molecule is OCCc1ccc(-c2cnn(CC3CCCC3)c2)cc1. The Balaban J connectivity index is 1.68. The fourth-order valence-electron chi connectivity index (χ4n) is 3.06. The molecule has 1 aromatic carbocycles. The molecule has 1 heterocycles. The van der Waals surface area contributed by atoms with Crippen LogP contribution >= 0.6 is 0 Å². The summed E-state index contributed by atoms with van der Waals surface area (Å²) >= 11 is 0. The van der Waals surface area contributed by atoms with Gasteiger partial charge in [0.1, 0.15) is 0 Å². The van der Waals surface area contributed by atoms with Crippen LogP contribution in [0.4, 0.5) is 0 Å². The minimum absolute atomic E-state index is 0.207. The van der Waals surface area contributed by atoms with E-state index in [1.54, 1.807) is 0 Å². The van der Waals surface area contributed by atoms with Gasteiger partial charge in [-0.2, -0.15) is 5.10 Å². The van der Waals surface area contributed by atoms with Crippen molar-refractivity contribution in [1.29, 1.82) is 0 Å². The molecule has 2 aromatic rings. The second kappa shape index (κ2) is 6.23. The minimum atomic E-state index is 0.207. The Morgan fingerprint density at radius 2 is 1.85 bits per heavy atom. The molecule has 0 bridgehead atoms. The zero-order chi connectivity index (χ0) is 13.8. The molecule has 0 spiro atoms. The molecule has 1 aromatic heterocycles. The molecule has 1 N–H and O–H groups in total. The van der Waals surface area contributed by atoms with Gasteiger partial charge in [0.15, 0.2) is 0 Å². The van der Waals surface area contributed by atoms with Crippen LogP contribution in [0.2, 0.25) is 0 Å². The van der Waals surface area contributed by atoms with Crippen LogP contribution in [0.25, 0.3) is 11.1 Å². The first-order valence-electron chi connectivity index (χ1n) is 7.58. The second-order valence-electron chi connectivity index (χ2n) is 5.77. The molecule has 0 radical (unpaired) electrons. The zero-order valence-corrected chi connectivity index (χ0v) is 11.8. The Morgan fingerprint density at radius 3 is 2.55 bits per heavy atom. The first kappa shape index (κ1) is 13.4. The van der Waals surface area contributed by atoms with E-state index in [1.165, 1.54) is 42.4 Å². The number of hydrogen-bond donors (Lipinski definition) is 1. The quantitative estimate of drug-likeness (QED) is 0.905. The number of aliphatic hydroxyl groups excluding tert-OH is 1. The molecule has 106 valence electrons. The van der Waals surface area contributed by atoms with E-state index in [0.29, 0.717) is 0 Å². The van der Waals surface area contributed by atoms with E-state index < -0.39 is 0 Å². The maximum atomic E-state index is 8.93. The van der Waals surface area contributed by atoms with Gasteiger partial charge in [-0.05, 0) is 36.3 Å². The third-order valence-corrected chi connectivity index (χ3v) is 4.24. The monoisotopic (exact) mass is 270 g/mol. The molecule has 0 amide bonds. The van der Waals surface area contributed by atoms with Crippen molar-refractivity contribution in [3.8, 4) is 11.1 Å². The zero-order valence-electron chi connectivity index (χ0n) is 11.8. The van der Waals surface area contributed by atoms with Crippen molar-refractivity contribution < 1.29 is 5.11 Å². The molecule has 3 rings (SSSR count). The maximum Gasteiger partial charge on any atom is 0.0568 e. The molecule has 0 aliphatic heterocycles. The Bertz CT molecular complexity index is 538. The van der Waals surface area contributed by atoms with Gasteiger partial charge < -0.3 is 5.11 Å². The smallest absolute Gasteiger partial charge is 0.0568 e. The van der Waals surface area contributed by atoms with E-state index in [-0.39, 0.29) is 6.61 Å². The molecule has 1 aliphatic carbocycles. The predicted molar refractivity (Wildman–Crippen MR) is 80.4 cm³/mol. The van der Waals surface area contributed by atoms with Gasteiger partial charge in [-0.1, -0.05) is 37.1 Å². The summed E-state index contributed by atoms with van der Waals surface area (Å²) in [6.45, 7) is 1.27. The van der Waals surface area contributed by atoms with Crippen LogP contribution in [0, 0.1) is 5.92 Å². The highest BCUT2D eigenvalue weighted by atomic mass is 16.2. The normalized spacial score (nSPS) is 15.8. The van der Waals surface area contributed by atoms with Gasteiger partial charge in [0.25, 0.3) is 0 Å². The van der Waals surface area contributed by atoms with Crippen LogP contribution in [0.3, 0.4) is 0 Å².